The summed E-state index contributed by atoms with van der Waals surface area (Å²) in [6.07, 6.45) is 3.84. The number of aromatic nitrogens is 4. The molecule has 0 bridgehead atoms. The Kier molecular flexibility index (Phi) is 2.45. The molecule has 0 atom stereocenters. The number of carboxylic acid groups (broad SMARTS) is 1. The van der Waals surface area contributed by atoms with Crippen molar-refractivity contribution in [3.8, 4) is 11.4 Å². The van der Waals surface area contributed by atoms with Gasteiger partial charge in [-0.1, -0.05) is 0 Å². The van der Waals surface area contributed by atoms with Crippen LogP contribution in [0.3, 0.4) is 0 Å². The standard InChI is InChI=1S/C12H7FN4O2/c13-8-5-14-3-1-6(8)10-16-9-7(12(18)19)2-4-15-11(9)17-10/h1-5H,(H,18,19)(H,15,16,17). The monoisotopic (exact) mass is 258 g/mol. The minimum Gasteiger partial charge on any atom is -0.478 e. The quantitative estimate of drug-likeness (QED) is 0.731. The second-order valence-electron chi connectivity index (χ2n) is 3.80. The lowest BCUT2D eigenvalue weighted by molar-refractivity contribution is 0.0698. The van der Waals surface area contributed by atoms with Crippen LogP contribution in [-0.4, -0.2) is 31.0 Å². The Balaban J connectivity index is 2.26. The van der Waals surface area contributed by atoms with Crippen molar-refractivity contribution in [1.29, 1.82) is 0 Å². The molecule has 19 heavy (non-hydrogen) atoms. The molecule has 0 aliphatic carbocycles. The third-order valence-electron chi connectivity index (χ3n) is 2.65. The average molecular weight is 258 g/mol. The van der Waals surface area contributed by atoms with Crippen LogP contribution in [0.15, 0.2) is 30.7 Å². The maximum Gasteiger partial charge on any atom is 0.338 e. The van der Waals surface area contributed by atoms with Crippen LogP contribution in [0, 0.1) is 5.82 Å². The van der Waals surface area contributed by atoms with Crippen molar-refractivity contribution in [2.24, 2.45) is 0 Å². The second-order valence-corrected chi connectivity index (χ2v) is 3.80. The third-order valence-corrected chi connectivity index (χ3v) is 2.65. The molecule has 3 rings (SSSR count). The minimum absolute atomic E-state index is 0.0400. The van der Waals surface area contributed by atoms with Crippen molar-refractivity contribution >= 4 is 17.1 Å². The Bertz CT molecular complexity index is 784. The number of halogens is 1. The van der Waals surface area contributed by atoms with E-state index >= 15 is 0 Å². The molecule has 0 aromatic carbocycles. The highest BCUT2D eigenvalue weighted by atomic mass is 19.1. The zero-order valence-electron chi connectivity index (χ0n) is 9.46. The molecule has 3 aromatic rings. The fourth-order valence-electron chi connectivity index (χ4n) is 1.78. The Morgan fingerprint density at radius 1 is 1.32 bits per heavy atom. The third kappa shape index (κ3) is 1.81. The first-order valence-electron chi connectivity index (χ1n) is 5.34. The van der Waals surface area contributed by atoms with E-state index in [0.717, 1.165) is 6.20 Å². The van der Waals surface area contributed by atoms with Crippen molar-refractivity contribution in [2.45, 2.75) is 0 Å². The summed E-state index contributed by atoms with van der Waals surface area (Å²) in [4.78, 5) is 25.5. The smallest absolute Gasteiger partial charge is 0.338 e. The van der Waals surface area contributed by atoms with Crippen LogP contribution in [0.2, 0.25) is 0 Å². The Morgan fingerprint density at radius 2 is 2.16 bits per heavy atom. The number of rotatable bonds is 2. The van der Waals surface area contributed by atoms with E-state index in [-0.39, 0.29) is 28.1 Å². The molecule has 6 nitrogen and oxygen atoms in total. The van der Waals surface area contributed by atoms with E-state index in [0.29, 0.717) is 0 Å². The van der Waals surface area contributed by atoms with Gasteiger partial charge in [0, 0.05) is 12.4 Å². The van der Waals surface area contributed by atoms with Crippen molar-refractivity contribution in [3.05, 3.63) is 42.1 Å². The van der Waals surface area contributed by atoms with Crippen LogP contribution in [0.25, 0.3) is 22.6 Å². The normalized spacial score (nSPS) is 10.8. The summed E-state index contributed by atoms with van der Waals surface area (Å²) < 4.78 is 13.6. The molecule has 0 saturated carbocycles. The van der Waals surface area contributed by atoms with Gasteiger partial charge in [0.25, 0.3) is 0 Å². The molecule has 0 fully saturated rings. The zero-order chi connectivity index (χ0) is 13.4. The molecule has 0 saturated heterocycles. The Labute approximate surface area is 106 Å². The minimum atomic E-state index is -1.10. The predicted molar refractivity (Wildman–Crippen MR) is 64.0 cm³/mol. The van der Waals surface area contributed by atoms with Gasteiger partial charge in [0.15, 0.2) is 11.5 Å². The van der Waals surface area contributed by atoms with Crippen LogP contribution in [0.5, 0.6) is 0 Å². The summed E-state index contributed by atoms with van der Waals surface area (Å²) in [5, 5.41) is 9.06. The number of nitrogens with one attached hydrogen (secondary N) is 1. The van der Waals surface area contributed by atoms with E-state index in [1.165, 1.54) is 24.5 Å². The summed E-state index contributed by atoms with van der Waals surface area (Å²) in [5.41, 5.74) is 0.745. The molecular formula is C12H7FN4O2. The molecule has 0 radical (unpaired) electrons. The number of pyridine rings is 2. The molecule has 0 amide bonds. The number of hydrogen-bond donors (Lipinski definition) is 2. The van der Waals surface area contributed by atoms with Gasteiger partial charge in [-0.2, -0.15) is 0 Å². The fourth-order valence-corrected chi connectivity index (χ4v) is 1.78. The van der Waals surface area contributed by atoms with Gasteiger partial charge < -0.3 is 10.1 Å². The van der Waals surface area contributed by atoms with Crippen LogP contribution >= 0.6 is 0 Å². The van der Waals surface area contributed by atoms with Gasteiger partial charge in [-0.3, -0.25) is 4.98 Å². The number of aromatic carboxylic acids is 1. The van der Waals surface area contributed by atoms with Crippen molar-refractivity contribution in [3.63, 3.8) is 0 Å². The van der Waals surface area contributed by atoms with Crippen LogP contribution in [0.1, 0.15) is 10.4 Å². The van der Waals surface area contributed by atoms with Crippen molar-refractivity contribution < 1.29 is 14.3 Å². The number of aromatic amines is 1. The predicted octanol–water partition coefficient (Wildman–Crippen LogP) is 1.86. The molecule has 3 heterocycles. The van der Waals surface area contributed by atoms with E-state index < -0.39 is 11.8 Å². The highest BCUT2D eigenvalue weighted by molar-refractivity contribution is 6.00. The summed E-state index contributed by atoms with van der Waals surface area (Å²) in [7, 11) is 0. The van der Waals surface area contributed by atoms with Gasteiger partial charge in [-0.25, -0.2) is 19.2 Å². The summed E-state index contributed by atoms with van der Waals surface area (Å²) >= 11 is 0. The Morgan fingerprint density at radius 3 is 2.89 bits per heavy atom. The maximum absolute atomic E-state index is 13.6. The highest BCUT2D eigenvalue weighted by Gasteiger charge is 2.15. The van der Waals surface area contributed by atoms with Gasteiger partial charge in [0.05, 0.1) is 22.8 Å². The number of hydrogen-bond acceptors (Lipinski definition) is 4. The molecule has 2 N–H and O–H groups in total. The van der Waals surface area contributed by atoms with Crippen LogP contribution in [-0.2, 0) is 0 Å². The first-order chi connectivity index (χ1) is 9.16. The number of H-pyrrole nitrogens is 1. The SMILES string of the molecule is O=C(O)c1ccnc2nc(-c3ccncc3F)[nH]c12. The summed E-state index contributed by atoms with van der Waals surface area (Å²) in [6, 6.07) is 2.81. The zero-order valence-corrected chi connectivity index (χ0v) is 9.46. The lowest BCUT2D eigenvalue weighted by Gasteiger charge is -1.96. The summed E-state index contributed by atoms with van der Waals surface area (Å²) in [6.45, 7) is 0. The van der Waals surface area contributed by atoms with E-state index in [2.05, 4.69) is 19.9 Å². The topological polar surface area (TPSA) is 91.8 Å². The van der Waals surface area contributed by atoms with Gasteiger partial charge in [-0.05, 0) is 12.1 Å². The molecule has 94 valence electrons. The average Bonchev–Trinajstić information content (AvgIpc) is 2.82. The fraction of sp³-hybridized carbons (Fsp3) is 0. The van der Waals surface area contributed by atoms with Crippen LogP contribution in [0.4, 0.5) is 4.39 Å². The first-order valence-corrected chi connectivity index (χ1v) is 5.34. The molecule has 7 heteroatoms. The second kappa shape index (κ2) is 4.13. The number of nitrogens with zero attached hydrogens (tertiary/aromatic N) is 3. The van der Waals surface area contributed by atoms with Crippen molar-refractivity contribution in [1.82, 2.24) is 19.9 Å². The molecule has 0 unspecified atom stereocenters. The van der Waals surface area contributed by atoms with Gasteiger partial charge in [0.1, 0.15) is 5.82 Å². The van der Waals surface area contributed by atoms with E-state index in [1.54, 1.807) is 0 Å². The van der Waals surface area contributed by atoms with E-state index in [1.807, 2.05) is 0 Å². The molecule has 0 aliphatic heterocycles. The maximum atomic E-state index is 13.6. The largest absolute Gasteiger partial charge is 0.478 e. The van der Waals surface area contributed by atoms with Crippen LogP contribution < -0.4 is 0 Å². The molecular weight excluding hydrogens is 251 g/mol. The Hall–Kier alpha value is -2.83. The van der Waals surface area contributed by atoms with Gasteiger partial charge >= 0.3 is 5.97 Å². The number of imidazole rings is 1. The number of carboxylic acids is 1. The van der Waals surface area contributed by atoms with Gasteiger partial charge in [-0.15, -0.1) is 0 Å². The van der Waals surface area contributed by atoms with Crippen molar-refractivity contribution in [2.75, 3.05) is 0 Å². The summed E-state index contributed by atoms with van der Waals surface area (Å²) in [5.74, 6) is -1.42. The number of carbonyl (C=O) groups is 1. The molecule has 0 spiro atoms. The highest BCUT2D eigenvalue weighted by Crippen LogP contribution is 2.23. The lowest BCUT2D eigenvalue weighted by Crippen LogP contribution is -1.97. The molecule has 3 aromatic heterocycles. The van der Waals surface area contributed by atoms with E-state index in [4.69, 9.17) is 5.11 Å². The lowest BCUT2D eigenvalue weighted by atomic mass is 10.2. The van der Waals surface area contributed by atoms with Gasteiger partial charge in [0.2, 0.25) is 0 Å². The first kappa shape index (κ1) is 11.3. The van der Waals surface area contributed by atoms with E-state index in [9.17, 15) is 9.18 Å². The molecule has 0 aliphatic rings. The number of fused-ring (bicyclic) bond motifs is 1.